The van der Waals surface area contributed by atoms with E-state index in [-0.39, 0.29) is 18.9 Å². The molecule has 0 aromatic heterocycles. The van der Waals surface area contributed by atoms with Crippen molar-refractivity contribution in [2.45, 2.75) is 0 Å². The minimum atomic E-state index is -0.462. The maximum absolute atomic E-state index is 12.7. The third kappa shape index (κ3) is 4.39. The lowest BCUT2D eigenvalue weighted by molar-refractivity contribution is -0.140. The van der Waals surface area contributed by atoms with Crippen molar-refractivity contribution in [1.29, 1.82) is 0 Å². The van der Waals surface area contributed by atoms with Gasteiger partial charge < -0.3 is 9.64 Å². The third-order valence-electron chi connectivity index (χ3n) is 4.88. The topological polar surface area (TPSA) is 46.6 Å². The van der Waals surface area contributed by atoms with Gasteiger partial charge in [-0.05, 0) is 35.0 Å². The molecule has 0 spiro atoms. The zero-order chi connectivity index (χ0) is 20.8. The highest BCUT2D eigenvalue weighted by Crippen LogP contribution is 2.24. The predicted octanol–water partition coefficient (Wildman–Crippen LogP) is 5.40. The molecule has 0 aliphatic rings. The summed E-state index contributed by atoms with van der Waals surface area (Å²) >= 11 is 0. The number of benzene rings is 4. The Hall–Kier alpha value is -3.92. The number of carbonyl (C=O) groups is 2. The van der Waals surface area contributed by atoms with E-state index in [0.29, 0.717) is 5.56 Å². The Labute approximate surface area is 175 Å². The number of hydrogen-bond acceptors (Lipinski definition) is 4. The molecule has 4 aromatic rings. The SMILES string of the molecule is O=C(CN(c1ccccc1)c1ccccc1)OCC(=O)c1cccc2ccccc12. The highest BCUT2D eigenvalue weighted by atomic mass is 16.5. The summed E-state index contributed by atoms with van der Waals surface area (Å²) in [6, 6.07) is 32.5. The fourth-order valence-corrected chi connectivity index (χ4v) is 3.41. The minimum absolute atomic E-state index is 0.0108. The summed E-state index contributed by atoms with van der Waals surface area (Å²) in [7, 11) is 0. The van der Waals surface area contributed by atoms with Crippen LogP contribution in [0.4, 0.5) is 11.4 Å². The van der Waals surface area contributed by atoms with E-state index in [0.717, 1.165) is 22.1 Å². The van der Waals surface area contributed by atoms with Gasteiger partial charge in [0.25, 0.3) is 0 Å². The Morgan fingerprint density at radius 1 is 0.667 bits per heavy atom. The van der Waals surface area contributed by atoms with Crippen molar-refractivity contribution < 1.29 is 14.3 Å². The Morgan fingerprint density at radius 2 is 1.23 bits per heavy atom. The van der Waals surface area contributed by atoms with E-state index in [2.05, 4.69) is 0 Å². The van der Waals surface area contributed by atoms with Gasteiger partial charge in [0.05, 0.1) is 0 Å². The maximum Gasteiger partial charge on any atom is 0.326 e. The number of anilines is 2. The summed E-state index contributed by atoms with van der Waals surface area (Å²) in [5.41, 5.74) is 2.31. The Bertz CT molecular complexity index is 1110. The molecule has 4 heteroatoms. The normalized spacial score (nSPS) is 10.5. The van der Waals surface area contributed by atoms with Crippen LogP contribution in [0.2, 0.25) is 0 Å². The van der Waals surface area contributed by atoms with Crippen molar-refractivity contribution in [2.75, 3.05) is 18.1 Å². The Balaban J connectivity index is 1.47. The summed E-state index contributed by atoms with van der Waals surface area (Å²) in [6.45, 7) is -0.277. The van der Waals surface area contributed by atoms with Crippen LogP contribution in [0.15, 0.2) is 103 Å². The van der Waals surface area contributed by atoms with E-state index in [1.165, 1.54) is 0 Å². The standard InChI is InChI=1S/C26H21NO3/c28-25(24-17-9-11-20-10-7-8-16-23(20)24)19-30-26(29)18-27(21-12-3-1-4-13-21)22-14-5-2-6-15-22/h1-17H,18-19H2. The zero-order valence-electron chi connectivity index (χ0n) is 16.4. The predicted molar refractivity (Wildman–Crippen MR) is 119 cm³/mol. The van der Waals surface area contributed by atoms with Crippen molar-refractivity contribution >= 4 is 33.9 Å². The van der Waals surface area contributed by atoms with Crippen LogP contribution < -0.4 is 4.90 Å². The first-order chi connectivity index (χ1) is 14.7. The van der Waals surface area contributed by atoms with Crippen LogP contribution in [0.1, 0.15) is 10.4 Å². The number of fused-ring (bicyclic) bond motifs is 1. The summed E-state index contributed by atoms with van der Waals surface area (Å²) in [5, 5.41) is 1.84. The van der Waals surface area contributed by atoms with E-state index in [1.54, 1.807) is 6.07 Å². The lowest BCUT2D eigenvalue weighted by Gasteiger charge is -2.24. The van der Waals surface area contributed by atoms with E-state index in [9.17, 15) is 9.59 Å². The van der Waals surface area contributed by atoms with Crippen molar-refractivity contribution in [2.24, 2.45) is 0 Å². The molecular formula is C26H21NO3. The summed E-state index contributed by atoms with van der Waals surface area (Å²) in [5.74, 6) is -0.678. The molecule has 0 aliphatic heterocycles. The van der Waals surface area contributed by atoms with Gasteiger partial charge in [0.2, 0.25) is 5.78 Å². The van der Waals surface area contributed by atoms with Crippen LogP contribution in [0.5, 0.6) is 0 Å². The van der Waals surface area contributed by atoms with Gasteiger partial charge in [-0.25, -0.2) is 0 Å². The van der Waals surface area contributed by atoms with E-state index >= 15 is 0 Å². The number of carbonyl (C=O) groups excluding carboxylic acids is 2. The molecule has 0 amide bonds. The molecule has 0 unspecified atom stereocenters. The lowest BCUT2D eigenvalue weighted by Crippen LogP contribution is -2.28. The van der Waals surface area contributed by atoms with Crippen LogP contribution in [0, 0.1) is 0 Å². The quantitative estimate of drug-likeness (QED) is 0.310. The average molecular weight is 395 g/mol. The number of para-hydroxylation sites is 2. The molecule has 0 radical (unpaired) electrons. The second kappa shape index (κ2) is 9.05. The van der Waals surface area contributed by atoms with Gasteiger partial charge in [-0.2, -0.15) is 0 Å². The van der Waals surface area contributed by atoms with E-state index in [4.69, 9.17) is 4.74 Å². The fourth-order valence-electron chi connectivity index (χ4n) is 3.41. The molecule has 0 aliphatic carbocycles. The number of Topliss-reactive ketones (excluding diaryl/α,β-unsaturated/α-hetero) is 1. The molecule has 0 saturated heterocycles. The second-order valence-electron chi connectivity index (χ2n) is 6.87. The number of hydrogen-bond donors (Lipinski definition) is 0. The van der Waals surface area contributed by atoms with Crippen LogP contribution in [-0.4, -0.2) is 24.9 Å². The molecule has 30 heavy (non-hydrogen) atoms. The maximum atomic E-state index is 12.7. The van der Waals surface area contributed by atoms with Gasteiger partial charge in [0.1, 0.15) is 6.54 Å². The van der Waals surface area contributed by atoms with Crippen molar-refractivity contribution in [3.05, 3.63) is 109 Å². The van der Waals surface area contributed by atoms with E-state index in [1.807, 2.05) is 102 Å². The first-order valence-electron chi connectivity index (χ1n) is 9.76. The Kier molecular flexibility index (Phi) is 5.85. The molecule has 0 saturated carbocycles. The van der Waals surface area contributed by atoms with Gasteiger partial charge >= 0.3 is 5.97 Å². The molecule has 4 aromatic carbocycles. The third-order valence-corrected chi connectivity index (χ3v) is 4.88. The first kappa shape index (κ1) is 19.4. The van der Waals surface area contributed by atoms with Crippen LogP contribution >= 0.6 is 0 Å². The van der Waals surface area contributed by atoms with Gasteiger partial charge in [-0.3, -0.25) is 9.59 Å². The second-order valence-corrected chi connectivity index (χ2v) is 6.87. The fraction of sp³-hybridized carbons (Fsp3) is 0.0769. The van der Waals surface area contributed by atoms with Gasteiger partial charge in [0, 0.05) is 16.9 Å². The molecular weight excluding hydrogens is 374 g/mol. The highest BCUT2D eigenvalue weighted by Gasteiger charge is 2.17. The number of nitrogens with zero attached hydrogens (tertiary/aromatic N) is 1. The molecule has 0 heterocycles. The lowest BCUT2D eigenvalue weighted by atomic mass is 10.0. The van der Waals surface area contributed by atoms with E-state index < -0.39 is 5.97 Å². The van der Waals surface area contributed by atoms with Gasteiger partial charge in [-0.1, -0.05) is 78.9 Å². The van der Waals surface area contributed by atoms with Crippen LogP contribution in [0.25, 0.3) is 10.8 Å². The molecule has 0 atom stereocenters. The van der Waals surface area contributed by atoms with Crippen LogP contribution in [0.3, 0.4) is 0 Å². The summed E-state index contributed by atoms with van der Waals surface area (Å²) in [6.07, 6.45) is 0. The number of esters is 1. The number of ketones is 1. The van der Waals surface area contributed by atoms with Crippen molar-refractivity contribution in [3.8, 4) is 0 Å². The zero-order valence-corrected chi connectivity index (χ0v) is 16.4. The summed E-state index contributed by atoms with van der Waals surface area (Å²) in [4.78, 5) is 27.1. The largest absolute Gasteiger partial charge is 0.456 e. The Morgan fingerprint density at radius 3 is 1.90 bits per heavy atom. The summed E-state index contributed by atoms with van der Waals surface area (Å²) < 4.78 is 5.35. The minimum Gasteiger partial charge on any atom is -0.456 e. The highest BCUT2D eigenvalue weighted by molar-refractivity contribution is 6.09. The molecule has 0 bridgehead atoms. The molecule has 4 nitrogen and oxygen atoms in total. The molecule has 4 rings (SSSR count). The van der Waals surface area contributed by atoms with Crippen molar-refractivity contribution in [3.63, 3.8) is 0 Å². The monoisotopic (exact) mass is 395 g/mol. The molecule has 0 fully saturated rings. The average Bonchev–Trinajstić information content (AvgIpc) is 2.81. The number of ether oxygens (including phenoxy) is 1. The number of rotatable bonds is 7. The molecule has 148 valence electrons. The van der Waals surface area contributed by atoms with Crippen LogP contribution in [-0.2, 0) is 9.53 Å². The first-order valence-corrected chi connectivity index (χ1v) is 9.76. The smallest absolute Gasteiger partial charge is 0.326 e. The van der Waals surface area contributed by atoms with Gasteiger partial charge in [-0.15, -0.1) is 0 Å². The van der Waals surface area contributed by atoms with Crippen molar-refractivity contribution in [1.82, 2.24) is 0 Å². The van der Waals surface area contributed by atoms with Gasteiger partial charge in [0.15, 0.2) is 6.61 Å². The molecule has 0 N–H and O–H groups in total.